The van der Waals surface area contributed by atoms with Gasteiger partial charge in [-0.25, -0.2) is 4.98 Å². The van der Waals surface area contributed by atoms with E-state index >= 15 is 0 Å². The number of nitrogens with one attached hydrogen (secondary N) is 1. The zero-order valence-electron chi connectivity index (χ0n) is 12.3. The first kappa shape index (κ1) is 14.2. The molecule has 0 bridgehead atoms. The maximum absolute atomic E-state index is 5.97. The summed E-state index contributed by atoms with van der Waals surface area (Å²) in [7, 11) is 0. The van der Waals surface area contributed by atoms with E-state index in [1.165, 1.54) is 16.0 Å². The van der Waals surface area contributed by atoms with Crippen molar-refractivity contribution in [1.82, 2.24) is 9.97 Å². The van der Waals surface area contributed by atoms with Gasteiger partial charge < -0.3 is 10.7 Å². The van der Waals surface area contributed by atoms with E-state index in [2.05, 4.69) is 35.1 Å². The molecule has 0 radical (unpaired) electrons. The minimum Gasteiger partial charge on any atom is -0.333 e. The summed E-state index contributed by atoms with van der Waals surface area (Å²) in [6, 6.07) is 14.8. The smallest absolute Gasteiger partial charge is 0.171 e. The lowest BCUT2D eigenvalue weighted by atomic mass is 10.1. The van der Waals surface area contributed by atoms with Crippen LogP contribution in [0.1, 0.15) is 18.1 Å². The molecule has 3 N–H and O–H groups in total. The Balaban J connectivity index is 1.93. The Labute approximate surface area is 129 Å². The van der Waals surface area contributed by atoms with Crippen molar-refractivity contribution in [3.8, 4) is 0 Å². The van der Waals surface area contributed by atoms with Gasteiger partial charge in [-0.3, -0.25) is 0 Å². The van der Waals surface area contributed by atoms with Gasteiger partial charge >= 0.3 is 0 Å². The lowest BCUT2D eigenvalue weighted by Crippen LogP contribution is -2.18. The Morgan fingerprint density at radius 1 is 1.24 bits per heavy atom. The number of benzene rings is 2. The number of rotatable bonds is 4. The van der Waals surface area contributed by atoms with Crippen LogP contribution in [0.25, 0.3) is 11.0 Å². The number of hydrogen-bond donors (Lipinski definition) is 2. The van der Waals surface area contributed by atoms with Crippen LogP contribution in [-0.4, -0.2) is 16.0 Å². The van der Waals surface area contributed by atoms with Gasteiger partial charge in [0, 0.05) is 10.9 Å². The Morgan fingerprint density at radius 3 is 2.81 bits per heavy atom. The normalized spacial score (nSPS) is 12.7. The van der Waals surface area contributed by atoms with E-state index in [9.17, 15) is 0 Å². The summed E-state index contributed by atoms with van der Waals surface area (Å²) in [5, 5.41) is 0.922. The van der Waals surface area contributed by atoms with Crippen molar-refractivity contribution in [2.45, 2.75) is 36.4 Å². The van der Waals surface area contributed by atoms with Crippen molar-refractivity contribution >= 4 is 22.8 Å². The molecule has 0 aliphatic heterocycles. The molecule has 3 aromatic rings. The zero-order valence-corrected chi connectivity index (χ0v) is 13.1. The molecule has 0 fully saturated rings. The van der Waals surface area contributed by atoms with Gasteiger partial charge in [-0.1, -0.05) is 41.6 Å². The summed E-state index contributed by atoms with van der Waals surface area (Å²) in [4.78, 5) is 9.21. The van der Waals surface area contributed by atoms with Crippen LogP contribution in [0, 0.1) is 6.92 Å². The summed E-state index contributed by atoms with van der Waals surface area (Å²) in [5.41, 5.74) is 10.6. The predicted molar refractivity (Wildman–Crippen MR) is 88.7 cm³/mol. The average molecular weight is 297 g/mol. The van der Waals surface area contributed by atoms with Gasteiger partial charge in [0.2, 0.25) is 0 Å². The molecule has 3 rings (SSSR count). The summed E-state index contributed by atoms with van der Waals surface area (Å²) in [6.45, 7) is 4.15. The van der Waals surface area contributed by atoms with E-state index in [1.807, 2.05) is 31.2 Å². The number of H-pyrrole nitrogens is 1. The van der Waals surface area contributed by atoms with Crippen molar-refractivity contribution in [1.29, 1.82) is 0 Å². The third-order valence-electron chi connectivity index (χ3n) is 3.33. The number of imidazole rings is 1. The van der Waals surface area contributed by atoms with Gasteiger partial charge in [-0.15, -0.1) is 0 Å². The lowest BCUT2D eigenvalue weighted by Gasteiger charge is -2.11. The van der Waals surface area contributed by atoms with Gasteiger partial charge in [0.05, 0.1) is 11.0 Å². The van der Waals surface area contributed by atoms with Crippen LogP contribution in [-0.2, 0) is 6.42 Å². The summed E-state index contributed by atoms with van der Waals surface area (Å²) in [6.07, 6.45) is 0.879. The van der Waals surface area contributed by atoms with E-state index in [1.54, 1.807) is 11.8 Å². The van der Waals surface area contributed by atoms with Crippen LogP contribution in [0.4, 0.5) is 0 Å². The maximum Gasteiger partial charge on any atom is 0.171 e. The van der Waals surface area contributed by atoms with Crippen molar-refractivity contribution in [2.75, 3.05) is 0 Å². The fraction of sp³-hybridized carbons (Fsp3) is 0.235. The van der Waals surface area contributed by atoms with Crippen molar-refractivity contribution in [3.63, 3.8) is 0 Å². The first-order valence-electron chi connectivity index (χ1n) is 7.09. The standard InChI is InChI=1S/C17H19N3S/c1-11-7-8-16(13(9-11)10-12(2)18)21-17-19-14-5-3-4-6-15(14)20-17/h3-9,12H,10,18H2,1-2H3,(H,19,20). The summed E-state index contributed by atoms with van der Waals surface area (Å²) >= 11 is 1.67. The monoisotopic (exact) mass is 297 g/mol. The molecule has 4 heteroatoms. The fourth-order valence-electron chi connectivity index (χ4n) is 2.40. The fourth-order valence-corrected chi connectivity index (χ4v) is 3.32. The van der Waals surface area contributed by atoms with E-state index in [4.69, 9.17) is 5.73 Å². The topological polar surface area (TPSA) is 54.7 Å². The van der Waals surface area contributed by atoms with Crippen LogP contribution in [0.2, 0.25) is 0 Å². The Morgan fingerprint density at radius 2 is 2.05 bits per heavy atom. The molecule has 0 aliphatic carbocycles. The molecule has 1 unspecified atom stereocenters. The highest BCUT2D eigenvalue weighted by atomic mass is 32.2. The second-order valence-electron chi connectivity index (χ2n) is 5.45. The minimum atomic E-state index is 0.154. The number of aromatic nitrogens is 2. The van der Waals surface area contributed by atoms with Crippen LogP contribution in [0.15, 0.2) is 52.5 Å². The second-order valence-corrected chi connectivity index (χ2v) is 6.48. The molecule has 1 aromatic heterocycles. The molecule has 3 nitrogen and oxygen atoms in total. The Hall–Kier alpha value is -1.78. The Bertz CT molecular complexity index is 729. The predicted octanol–water partition coefficient (Wildman–Crippen LogP) is 3.91. The van der Waals surface area contributed by atoms with Gasteiger partial charge in [0.25, 0.3) is 0 Å². The zero-order chi connectivity index (χ0) is 14.8. The van der Waals surface area contributed by atoms with E-state index < -0.39 is 0 Å². The van der Waals surface area contributed by atoms with Gasteiger partial charge in [0.1, 0.15) is 0 Å². The van der Waals surface area contributed by atoms with Crippen molar-refractivity contribution in [2.24, 2.45) is 5.73 Å². The maximum atomic E-state index is 5.97. The number of para-hydroxylation sites is 2. The number of aryl methyl sites for hydroxylation is 1. The molecule has 1 atom stereocenters. The molecule has 0 amide bonds. The third-order valence-corrected chi connectivity index (χ3v) is 4.34. The number of nitrogens with two attached hydrogens (primary N) is 1. The number of nitrogens with zero attached hydrogens (tertiary/aromatic N) is 1. The van der Waals surface area contributed by atoms with Crippen LogP contribution in [0.5, 0.6) is 0 Å². The molecule has 108 valence electrons. The molecule has 2 aromatic carbocycles. The van der Waals surface area contributed by atoms with Crippen LogP contribution < -0.4 is 5.73 Å². The largest absolute Gasteiger partial charge is 0.333 e. The second kappa shape index (κ2) is 5.92. The summed E-state index contributed by atoms with van der Waals surface area (Å²) < 4.78 is 0. The van der Waals surface area contributed by atoms with Crippen molar-refractivity contribution in [3.05, 3.63) is 53.6 Å². The van der Waals surface area contributed by atoms with E-state index in [-0.39, 0.29) is 6.04 Å². The molecular weight excluding hydrogens is 278 g/mol. The summed E-state index contributed by atoms with van der Waals surface area (Å²) in [5.74, 6) is 0. The molecule has 21 heavy (non-hydrogen) atoms. The van der Waals surface area contributed by atoms with Crippen molar-refractivity contribution < 1.29 is 0 Å². The minimum absolute atomic E-state index is 0.154. The Kier molecular flexibility index (Phi) is 3.99. The third kappa shape index (κ3) is 3.28. The molecule has 0 spiro atoms. The van der Waals surface area contributed by atoms with Gasteiger partial charge in [0.15, 0.2) is 5.16 Å². The first-order valence-corrected chi connectivity index (χ1v) is 7.91. The molecule has 0 saturated heterocycles. The highest BCUT2D eigenvalue weighted by Crippen LogP contribution is 2.31. The average Bonchev–Trinajstić information content (AvgIpc) is 2.83. The first-order chi connectivity index (χ1) is 10.1. The van der Waals surface area contributed by atoms with Gasteiger partial charge in [-0.05, 0) is 44.0 Å². The van der Waals surface area contributed by atoms with Gasteiger partial charge in [-0.2, -0.15) is 0 Å². The highest BCUT2D eigenvalue weighted by molar-refractivity contribution is 7.99. The number of aromatic amines is 1. The van der Waals surface area contributed by atoms with E-state index in [0.29, 0.717) is 0 Å². The van der Waals surface area contributed by atoms with Crippen LogP contribution >= 0.6 is 11.8 Å². The highest BCUT2D eigenvalue weighted by Gasteiger charge is 2.10. The van der Waals surface area contributed by atoms with Crippen LogP contribution in [0.3, 0.4) is 0 Å². The quantitative estimate of drug-likeness (QED) is 0.767. The molecular formula is C17H19N3S. The molecule has 1 heterocycles. The molecule has 0 saturated carbocycles. The van der Waals surface area contributed by atoms with E-state index in [0.717, 1.165) is 22.6 Å². The number of fused-ring (bicyclic) bond motifs is 1. The SMILES string of the molecule is Cc1ccc(Sc2nc3ccccc3[nH]2)c(CC(C)N)c1. The number of hydrogen-bond acceptors (Lipinski definition) is 3. The lowest BCUT2D eigenvalue weighted by molar-refractivity contribution is 0.728. The molecule has 0 aliphatic rings.